The molecule has 0 aliphatic heterocycles. The summed E-state index contributed by atoms with van der Waals surface area (Å²) >= 11 is 4.76. The van der Waals surface area contributed by atoms with Gasteiger partial charge in [0.1, 0.15) is 6.10 Å². The predicted octanol–water partition coefficient (Wildman–Crippen LogP) is 3.96. The van der Waals surface area contributed by atoms with Crippen LogP contribution in [0.2, 0.25) is 0 Å². The van der Waals surface area contributed by atoms with Crippen LogP contribution < -0.4 is 0 Å². The molecule has 0 aromatic carbocycles. The lowest BCUT2D eigenvalue weighted by Crippen LogP contribution is -2.20. The van der Waals surface area contributed by atoms with Crippen molar-refractivity contribution < 1.29 is 4.74 Å². The largest absolute Gasteiger partial charge is 0.370 e. The molecule has 1 aromatic rings. The molecule has 1 aliphatic carbocycles. The molecule has 1 unspecified atom stereocenters. The van der Waals surface area contributed by atoms with Gasteiger partial charge in [-0.15, -0.1) is 0 Å². The molecule has 5 heteroatoms. The summed E-state index contributed by atoms with van der Waals surface area (Å²) in [4.78, 5) is 4.40. The highest BCUT2D eigenvalue weighted by molar-refractivity contribution is 9.11. The van der Waals surface area contributed by atoms with E-state index in [0.717, 1.165) is 16.3 Å². The lowest BCUT2D eigenvalue weighted by atomic mass is 9.85. The Kier molecular flexibility index (Phi) is 4.73. The monoisotopic (exact) mass is 304 g/mol. The Morgan fingerprint density at radius 1 is 1.44 bits per heavy atom. The Morgan fingerprint density at radius 3 is 2.75 bits per heavy atom. The summed E-state index contributed by atoms with van der Waals surface area (Å²) < 4.78 is 11.1. The lowest BCUT2D eigenvalue weighted by Gasteiger charge is -2.28. The number of halogens is 1. The van der Waals surface area contributed by atoms with Gasteiger partial charge in [0, 0.05) is 6.61 Å². The van der Waals surface area contributed by atoms with Crippen LogP contribution in [0.5, 0.6) is 0 Å². The molecule has 0 radical (unpaired) electrons. The van der Waals surface area contributed by atoms with Gasteiger partial charge in [-0.3, -0.25) is 0 Å². The van der Waals surface area contributed by atoms with Crippen LogP contribution in [0, 0.1) is 5.92 Å². The van der Waals surface area contributed by atoms with Crippen LogP contribution in [0.25, 0.3) is 0 Å². The molecule has 2 rings (SSSR count). The molecule has 1 aromatic heterocycles. The molecule has 3 nitrogen and oxygen atoms in total. The van der Waals surface area contributed by atoms with E-state index in [0.29, 0.717) is 5.92 Å². The van der Waals surface area contributed by atoms with E-state index in [9.17, 15) is 0 Å². The van der Waals surface area contributed by atoms with Crippen LogP contribution in [-0.2, 0) is 4.74 Å². The second-order valence-corrected chi connectivity index (χ2v) is 6.21. The molecule has 1 saturated carbocycles. The number of ether oxygens (including phenoxy) is 1. The van der Waals surface area contributed by atoms with E-state index < -0.39 is 0 Å². The number of nitrogens with zero attached hydrogens (tertiary/aromatic N) is 2. The summed E-state index contributed by atoms with van der Waals surface area (Å²) in [5.74, 6) is 1.47. The first-order valence-corrected chi connectivity index (χ1v) is 7.48. The van der Waals surface area contributed by atoms with Crippen LogP contribution in [0.1, 0.15) is 51.0 Å². The second-order valence-electron chi connectivity index (χ2n) is 4.18. The predicted molar refractivity (Wildman–Crippen MR) is 68.6 cm³/mol. The molecule has 1 aliphatic rings. The Labute approximate surface area is 109 Å². The van der Waals surface area contributed by atoms with Crippen LogP contribution in [-0.4, -0.2) is 16.0 Å². The average Bonchev–Trinajstić information content (AvgIpc) is 2.74. The van der Waals surface area contributed by atoms with E-state index in [1.165, 1.54) is 43.6 Å². The molecular weight excluding hydrogens is 288 g/mol. The molecule has 0 bridgehead atoms. The van der Waals surface area contributed by atoms with Crippen molar-refractivity contribution in [2.45, 2.75) is 45.1 Å². The summed E-state index contributed by atoms with van der Waals surface area (Å²) in [6.45, 7) is 2.77. The maximum Gasteiger partial charge on any atom is 0.179 e. The Morgan fingerprint density at radius 2 is 2.19 bits per heavy atom. The normalized spacial score (nSPS) is 19.9. The third-order valence-electron chi connectivity index (χ3n) is 3.10. The Balaban J connectivity index is 2.09. The summed E-state index contributed by atoms with van der Waals surface area (Å²) in [5.41, 5.74) is 0. The minimum atomic E-state index is 0.104. The van der Waals surface area contributed by atoms with E-state index in [-0.39, 0.29) is 6.10 Å². The van der Waals surface area contributed by atoms with Crippen molar-refractivity contribution in [1.29, 1.82) is 0 Å². The van der Waals surface area contributed by atoms with Gasteiger partial charge in [0.15, 0.2) is 9.74 Å². The van der Waals surface area contributed by atoms with Crippen molar-refractivity contribution >= 4 is 27.5 Å². The molecule has 0 saturated heterocycles. The molecule has 1 heterocycles. The van der Waals surface area contributed by atoms with Crippen molar-refractivity contribution in [2.75, 3.05) is 6.61 Å². The fourth-order valence-electron chi connectivity index (χ4n) is 2.37. The standard InChI is InChI=1S/C11H17BrN2OS/c1-2-15-9(8-6-4-3-5-7-8)10-13-11(12)16-14-10/h8-9H,2-7H2,1H3. The van der Waals surface area contributed by atoms with E-state index in [2.05, 4.69) is 25.3 Å². The Bertz CT molecular complexity index is 326. The minimum Gasteiger partial charge on any atom is -0.370 e. The third kappa shape index (κ3) is 3.02. The topological polar surface area (TPSA) is 35.0 Å². The molecule has 0 amide bonds. The zero-order chi connectivity index (χ0) is 11.4. The zero-order valence-electron chi connectivity index (χ0n) is 9.49. The summed E-state index contributed by atoms with van der Waals surface area (Å²) in [7, 11) is 0. The van der Waals surface area contributed by atoms with Crippen molar-refractivity contribution in [3.05, 3.63) is 9.74 Å². The summed E-state index contributed by atoms with van der Waals surface area (Å²) in [5, 5.41) is 0. The summed E-state index contributed by atoms with van der Waals surface area (Å²) in [6.07, 6.45) is 6.61. The van der Waals surface area contributed by atoms with E-state index in [1.54, 1.807) is 0 Å². The van der Waals surface area contributed by atoms with Crippen molar-refractivity contribution in [1.82, 2.24) is 9.36 Å². The number of hydrogen-bond acceptors (Lipinski definition) is 4. The van der Waals surface area contributed by atoms with E-state index in [1.807, 2.05) is 6.92 Å². The number of rotatable bonds is 4. The average molecular weight is 305 g/mol. The van der Waals surface area contributed by atoms with Crippen LogP contribution >= 0.6 is 27.5 Å². The maximum atomic E-state index is 5.84. The molecule has 16 heavy (non-hydrogen) atoms. The molecular formula is C11H17BrN2OS. The first kappa shape index (κ1) is 12.5. The highest BCUT2D eigenvalue weighted by atomic mass is 79.9. The van der Waals surface area contributed by atoms with Gasteiger partial charge in [0.2, 0.25) is 0 Å². The lowest BCUT2D eigenvalue weighted by molar-refractivity contribution is 0.000522. The third-order valence-corrected chi connectivity index (χ3v) is 4.23. The van der Waals surface area contributed by atoms with Gasteiger partial charge in [0.25, 0.3) is 0 Å². The van der Waals surface area contributed by atoms with Gasteiger partial charge in [-0.1, -0.05) is 19.3 Å². The molecule has 90 valence electrons. The quantitative estimate of drug-likeness (QED) is 0.844. The molecule has 0 N–H and O–H groups in total. The Hall–Kier alpha value is -0.0000000000000000555. The van der Waals surface area contributed by atoms with Gasteiger partial charge >= 0.3 is 0 Å². The highest BCUT2D eigenvalue weighted by Gasteiger charge is 2.28. The first-order chi connectivity index (χ1) is 7.81. The van der Waals surface area contributed by atoms with Gasteiger partial charge in [-0.25, -0.2) is 4.98 Å². The van der Waals surface area contributed by atoms with Gasteiger partial charge in [-0.2, -0.15) is 4.37 Å². The van der Waals surface area contributed by atoms with Crippen LogP contribution in [0.4, 0.5) is 0 Å². The zero-order valence-corrected chi connectivity index (χ0v) is 11.9. The summed E-state index contributed by atoms with van der Waals surface area (Å²) in [6, 6.07) is 0. The molecule has 1 atom stereocenters. The number of hydrogen-bond donors (Lipinski definition) is 0. The van der Waals surface area contributed by atoms with Crippen LogP contribution in [0.3, 0.4) is 0 Å². The van der Waals surface area contributed by atoms with Gasteiger partial charge in [-0.05, 0) is 53.1 Å². The highest BCUT2D eigenvalue weighted by Crippen LogP contribution is 2.36. The number of aromatic nitrogens is 2. The SMILES string of the molecule is CCOC(c1nsc(Br)n1)C1CCCCC1. The fraction of sp³-hybridized carbons (Fsp3) is 0.818. The first-order valence-electron chi connectivity index (χ1n) is 5.92. The van der Waals surface area contributed by atoms with Crippen LogP contribution in [0.15, 0.2) is 3.92 Å². The van der Waals surface area contributed by atoms with E-state index >= 15 is 0 Å². The maximum absolute atomic E-state index is 5.84. The molecule has 0 spiro atoms. The minimum absolute atomic E-state index is 0.104. The van der Waals surface area contributed by atoms with Crippen molar-refractivity contribution in [3.8, 4) is 0 Å². The fourth-order valence-corrected chi connectivity index (χ4v) is 3.22. The second kappa shape index (κ2) is 6.07. The molecule has 1 fully saturated rings. The van der Waals surface area contributed by atoms with Gasteiger partial charge in [0.05, 0.1) is 0 Å². The van der Waals surface area contributed by atoms with Crippen molar-refractivity contribution in [2.24, 2.45) is 5.92 Å². The van der Waals surface area contributed by atoms with E-state index in [4.69, 9.17) is 4.74 Å². The smallest absolute Gasteiger partial charge is 0.179 e. The van der Waals surface area contributed by atoms with Gasteiger partial charge < -0.3 is 4.74 Å². The van der Waals surface area contributed by atoms with Crippen molar-refractivity contribution in [3.63, 3.8) is 0 Å².